The van der Waals surface area contributed by atoms with Crippen LogP contribution in [0.3, 0.4) is 0 Å². The maximum Gasteiger partial charge on any atom is 0.0434 e. The Balaban J connectivity index is 1.90. The summed E-state index contributed by atoms with van der Waals surface area (Å²) in [5.41, 5.74) is 4.81. The van der Waals surface area contributed by atoms with Crippen LogP contribution in [0.1, 0.15) is 23.5 Å². The highest BCUT2D eigenvalue weighted by Gasteiger charge is 2.38. The quantitative estimate of drug-likeness (QED) is 0.708. The Hall–Kier alpha value is -1.02. The van der Waals surface area contributed by atoms with Crippen molar-refractivity contribution in [2.75, 3.05) is 31.1 Å². The smallest absolute Gasteiger partial charge is 0.0434 e. The lowest BCUT2D eigenvalue weighted by molar-refractivity contribution is 0.470. The largest absolute Gasteiger partial charge is 0.371 e. The number of hydrogen-bond acceptors (Lipinski definition) is 2. The SMILES string of the molecule is c1cc2c3c(c1)[C@H]1CNC[C@@H]1CN3CCC2. The average Bonchev–Trinajstić information content (AvgIpc) is 2.78. The van der Waals surface area contributed by atoms with Crippen molar-refractivity contribution < 1.29 is 0 Å². The Morgan fingerprint density at radius 2 is 2.25 bits per heavy atom. The maximum absolute atomic E-state index is 3.56. The second-order valence-corrected chi connectivity index (χ2v) is 5.43. The van der Waals surface area contributed by atoms with Crippen LogP contribution in [-0.2, 0) is 6.42 Å². The summed E-state index contributed by atoms with van der Waals surface area (Å²) in [4.78, 5) is 2.64. The van der Waals surface area contributed by atoms with Crippen LogP contribution in [0.5, 0.6) is 0 Å². The molecule has 0 unspecified atom stereocenters. The lowest BCUT2D eigenvalue weighted by Gasteiger charge is -2.41. The fourth-order valence-electron chi connectivity index (χ4n) is 3.82. The number of aryl methyl sites for hydroxylation is 1. The van der Waals surface area contributed by atoms with E-state index in [2.05, 4.69) is 28.4 Å². The third-order valence-electron chi connectivity index (χ3n) is 4.54. The highest BCUT2D eigenvalue weighted by molar-refractivity contribution is 5.64. The van der Waals surface area contributed by atoms with E-state index in [1.165, 1.54) is 39.0 Å². The molecule has 1 aromatic rings. The summed E-state index contributed by atoms with van der Waals surface area (Å²) in [5.74, 6) is 1.63. The summed E-state index contributed by atoms with van der Waals surface area (Å²) in [6.07, 6.45) is 2.62. The van der Waals surface area contributed by atoms with Crippen molar-refractivity contribution in [1.29, 1.82) is 0 Å². The third kappa shape index (κ3) is 1.11. The highest BCUT2D eigenvalue weighted by atomic mass is 15.2. The van der Waals surface area contributed by atoms with E-state index in [0.717, 1.165) is 11.8 Å². The summed E-state index contributed by atoms with van der Waals surface area (Å²) < 4.78 is 0. The molecule has 2 atom stereocenters. The molecule has 0 saturated carbocycles. The van der Waals surface area contributed by atoms with Crippen molar-refractivity contribution in [3.05, 3.63) is 29.3 Å². The van der Waals surface area contributed by atoms with Crippen molar-refractivity contribution in [2.24, 2.45) is 5.92 Å². The van der Waals surface area contributed by atoms with Gasteiger partial charge in [-0.15, -0.1) is 0 Å². The van der Waals surface area contributed by atoms with E-state index in [9.17, 15) is 0 Å². The van der Waals surface area contributed by atoms with Crippen molar-refractivity contribution in [3.8, 4) is 0 Å². The summed E-state index contributed by atoms with van der Waals surface area (Å²) in [7, 11) is 0. The monoisotopic (exact) mass is 214 g/mol. The lowest BCUT2D eigenvalue weighted by Crippen LogP contribution is -2.40. The van der Waals surface area contributed by atoms with Gasteiger partial charge < -0.3 is 10.2 Å². The van der Waals surface area contributed by atoms with Crippen molar-refractivity contribution >= 4 is 5.69 Å². The number of para-hydroxylation sites is 1. The molecular formula is C14H18N2. The molecule has 0 aliphatic carbocycles. The fourth-order valence-corrected chi connectivity index (χ4v) is 3.82. The zero-order chi connectivity index (χ0) is 10.5. The molecule has 3 heterocycles. The van der Waals surface area contributed by atoms with Gasteiger partial charge in [0.15, 0.2) is 0 Å². The predicted molar refractivity (Wildman–Crippen MR) is 66.1 cm³/mol. The van der Waals surface area contributed by atoms with Gasteiger partial charge in [0.2, 0.25) is 0 Å². The molecule has 1 saturated heterocycles. The Morgan fingerprint density at radius 3 is 3.25 bits per heavy atom. The lowest BCUT2D eigenvalue weighted by atomic mass is 9.80. The summed E-state index contributed by atoms with van der Waals surface area (Å²) in [6.45, 7) is 4.95. The molecule has 1 fully saturated rings. The number of benzene rings is 1. The minimum Gasteiger partial charge on any atom is -0.371 e. The third-order valence-corrected chi connectivity index (χ3v) is 4.54. The van der Waals surface area contributed by atoms with Gasteiger partial charge in [-0.1, -0.05) is 18.2 Å². The molecule has 4 rings (SSSR count). The number of nitrogens with zero attached hydrogens (tertiary/aromatic N) is 1. The van der Waals surface area contributed by atoms with Gasteiger partial charge in [0.25, 0.3) is 0 Å². The van der Waals surface area contributed by atoms with Crippen LogP contribution in [0.15, 0.2) is 18.2 Å². The Kier molecular flexibility index (Phi) is 1.83. The molecule has 0 radical (unpaired) electrons. The van der Waals surface area contributed by atoms with Crippen molar-refractivity contribution in [1.82, 2.24) is 5.32 Å². The first-order chi connectivity index (χ1) is 7.93. The van der Waals surface area contributed by atoms with Gasteiger partial charge >= 0.3 is 0 Å². The van der Waals surface area contributed by atoms with Gasteiger partial charge in [0.05, 0.1) is 0 Å². The van der Waals surface area contributed by atoms with E-state index < -0.39 is 0 Å². The number of rotatable bonds is 0. The van der Waals surface area contributed by atoms with E-state index in [1.807, 2.05) is 0 Å². The van der Waals surface area contributed by atoms with Gasteiger partial charge in [0, 0.05) is 37.8 Å². The van der Waals surface area contributed by atoms with Crippen LogP contribution < -0.4 is 10.2 Å². The Bertz CT molecular complexity index is 427. The zero-order valence-electron chi connectivity index (χ0n) is 9.58. The molecular weight excluding hydrogens is 196 g/mol. The molecule has 16 heavy (non-hydrogen) atoms. The van der Waals surface area contributed by atoms with Gasteiger partial charge in [-0.05, 0) is 29.9 Å². The predicted octanol–water partition coefficient (Wildman–Crippen LogP) is 1.76. The normalized spacial score (nSPS) is 31.1. The van der Waals surface area contributed by atoms with Crippen LogP contribution in [0.2, 0.25) is 0 Å². The molecule has 0 spiro atoms. The molecule has 0 bridgehead atoms. The average molecular weight is 214 g/mol. The fraction of sp³-hybridized carbons (Fsp3) is 0.571. The number of nitrogens with one attached hydrogen (secondary N) is 1. The minimum atomic E-state index is 0.782. The van der Waals surface area contributed by atoms with Gasteiger partial charge in [-0.25, -0.2) is 0 Å². The number of anilines is 1. The molecule has 1 N–H and O–H groups in total. The van der Waals surface area contributed by atoms with Gasteiger partial charge in [-0.2, -0.15) is 0 Å². The van der Waals surface area contributed by atoms with E-state index in [0.29, 0.717) is 0 Å². The second-order valence-electron chi connectivity index (χ2n) is 5.43. The Morgan fingerprint density at radius 1 is 1.25 bits per heavy atom. The van der Waals surface area contributed by atoms with E-state index in [1.54, 1.807) is 16.8 Å². The van der Waals surface area contributed by atoms with E-state index >= 15 is 0 Å². The summed E-state index contributed by atoms with van der Waals surface area (Å²) >= 11 is 0. The van der Waals surface area contributed by atoms with Crippen LogP contribution in [0, 0.1) is 5.92 Å². The molecule has 2 heteroatoms. The molecule has 3 aliphatic heterocycles. The molecule has 3 aliphatic rings. The van der Waals surface area contributed by atoms with Crippen LogP contribution in [-0.4, -0.2) is 26.2 Å². The van der Waals surface area contributed by atoms with E-state index in [4.69, 9.17) is 0 Å². The number of fused-ring (bicyclic) bond motifs is 2. The second kappa shape index (κ2) is 3.24. The molecule has 2 nitrogen and oxygen atoms in total. The molecule has 0 amide bonds. The van der Waals surface area contributed by atoms with Crippen LogP contribution in [0.25, 0.3) is 0 Å². The minimum absolute atomic E-state index is 0.782. The molecule has 0 aromatic heterocycles. The number of hydrogen-bond donors (Lipinski definition) is 1. The standard InChI is InChI=1S/C14H18N2/c1-3-10-4-2-6-16-9-11-7-15-8-13(11)12(5-1)14(10)16/h1,3,5,11,13,15H,2,4,6-9H2/t11-,13+/m1/s1. The topological polar surface area (TPSA) is 15.3 Å². The van der Waals surface area contributed by atoms with Crippen LogP contribution >= 0.6 is 0 Å². The Labute approximate surface area is 96.6 Å². The molecule has 84 valence electrons. The van der Waals surface area contributed by atoms with Gasteiger partial charge in [0.1, 0.15) is 0 Å². The summed E-state index contributed by atoms with van der Waals surface area (Å²) in [6, 6.07) is 6.95. The van der Waals surface area contributed by atoms with Crippen molar-refractivity contribution in [3.63, 3.8) is 0 Å². The molecule has 1 aromatic carbocycles. The zero-order valence-corrected chi connectivity index (χ0v) is 9.58. The van der Waals surface area contributed by atoms with Crippen LogP contribution in [0.4, 0.5) is 5.69 Å². The first kappa shape index (κ1) is 9.06. The first-order valence-corrected chi connectivity index (χ1v) is 6.51. The van der Waals surface area contributed by atoms with E-state index in [-0.39, 0.29) is 0 Å². The van der Waals surface area contributed by atoms with Gasteiger partial charge in [-0.3, -0.25) is 0 Å². The maximum atomic E-state index is 3.56. The summed E-state index contributed by atoms with van der Waals surface area (Å²) in [5, 5.41) is 3.56. The van der Waals surface area contributed by atoms with Crippen molar-refractivity contribution in [2.45, 2.75) is 18.8 Å². The highest BCUT2D eigenvalue weighted by Crippen LogP contribution is 2.43. The first-order valence-electron chi connectivity index (χ1n) is 6.51.